The Balaban J connectivity index is 3.47. The number of nitrogens with one attached hydrogen (secondary N) is 2. The van der Waals surface area contributed by atoms with E-state index in [0.717, 1.165) is 0 Å². The minimum atomic E-state index is -1.62. The highest BCUT2D eigenvalue weighted by Crippen LogP contribution is 1.92. The molecule has 98 valence electrons. The van der Waals surface area contributed by atoms with Crippen LogP contribution in [0, 0.1) is 0 Å². The summed E-state index contributed by atoms with van der Waals surface area (Å²) >= 11 is 0. The molecule has 8 nitrogen and oxygen atoms in total. The van der Waals surface area contributed by atoms with Gasteiger partial charge in [-0.25, -0.2) is 9.59 Å². The van der Waals surface area contributed by atoms with Crippen molar-refractivity contribution >= 4 is 17.9 Å². The number of primary amides is 1. The van der Waals surface area contributed by atoms with E-state index in [4.69, 9.17) is 15.9 Å². The Hall–Kier alpha value is -1.83. The number of aliphatic hydroxyl groups excluding tert-OH is 1. The molecule has 0 rings (SSSR count). The zero-order chi connectivity index (χ0) is 13.3. The number of rotatable bonds is 8. The molecular formula is C9H17N3O5. The first kappa shape index (κ1) is 15.2. The van der Waals surface area contributed by atoms with Crippen molar-refractivity contribution in [3.63, 3.8) is 0 Å². The zero-order valence-electron chi connectivity index (χ0n) is 9.31. The highest BCUT2D eigenvalue weighted by molar-refractivity contribution is 5.76. The van der Waals surface area contributed by atoms with Crippen LogP contribution in [0.1, 0.15) is 19.3 Å². The summed E-state index contributed by atoms with van der Waals surface area (Å²) in [6.07, 6.45) is -0.178. The molecule has 3 amide bonds. The summed E-state index contributed by atoms with van der Waals surface area (Å²) in [6.45, 7) is -0.00919. The lowest BCUT2D eigenvalue weighted by atomic mass is 10.2. The quantitative estimate of drug-likeness (QED) is 0.328. The molecule has 1 unspecified atom stereocenters. The van der Waals surface area contributed by atoms with Gasteiger partial charge in [-0.3, -0.25) is 4.79 Å². The summed E-state index contributed by atoms with van der Waals surface area (Å²) in [5, 5.41) is 21.8. The van der Waals surface area contributed by atoms with Crippen molar-refractivity contribution in [3.05, 3.63) is 0 Å². The van der Waals surface area contributed by atoms with E-state index >= 15 is 0 Å². The number of carboxylic acids is 1. The number of nitrogens with two attached hydrogens (primary N) is 1. The molecule has 0 fully saturated rings. The third-order valence-electron chi connectivity index (χ3n) is 1.88. The van der Waals surface area contributed by atoms with Crippen LogP contribution in [-0.2, 0) is 9.59 Å². The number of carbonyl (C=O) groups excluding carboxylic acids is 2. The molecule has 0 aromatic carbocycles. The molecule has 0 aliphatic heterocycles. The van der Waals surface area contributed by atoms with Gasteiger partial charge < -0.3 is 26.6 Å². The fourth-order valence-electron chi connectivity index (χ4n) is 0.965. The fraction of sp³-hybridized carbons (Fsp3) is 0.667. The van der Waals surface area contributed by atoms with Crippen molar-refractivity contribution in [2.24, 2.45) is 5.73 Å². The van der Waals surface area contributed by atoms with E-state index in [0.29, 0.717) is 19.4 Å². The smallest absolute Gasteiger partial charge is 0.334 e. The van der Waals surface area contributed by atoms with E-state index in [1.165, 1.54) is 0 Å². The maximum absolute atomic E-state index is 11.0. The molecule has 0 heterocycles. The molecule has 0 aliphatic rings. The van der Waals surface area contributed by atoms with Gasteiger partial charge in [0.25, 0.3) is 0 Å². The van der Waals surface area contributed by atoms with E-state index in [9.17, 15) is 14.4 Å². The number of urea groups is 1. The standard InChI is InChI=1S/C9H17N3O5/c10-7(14)3-1-2-4-11-9(17)12-5-6(13)8(15)16/h6,13H,1-5H2,(H2,10,14)(H,15,16)(H2,11,12,17). The molecule has 0 saturated heterocycles. The molecule has 0 bridgehead atoms. The fourth-order valence-corrected chi connectivity index (χ4v) is 0.965. The minimum Gasteiger partial charge on any atom is -0.479 e. The van der Waals surface area contributed by atoms with Gasteiger partial charge in [-0.05, 0) is 12.8 Å². The molecule has 17 heavy (non-hydrogen) atoms. The second-order valence-corrected chi connectivity index (χ2v) is 3.41. The van der Waals surface area contributed by atoms with Gasteiger partial charge >= 0.3 is 12.0 Å². The van der Waals surface area contributed by atoms with Crippen LogP contribution in [0.5, 0.6) is 0 Å². The van der Waals surface area contributed by atoms with Crippen LogP contribution >= 0.6 is 0 Å². The molecule has 0 radical (unpaired) electrons. The SMILES string of the molecule is NC(=O)CCCCNC(=O)NCC(O)C(=O)O. The van der Waals surface area contributed by atoms with Crippen LogP contribution in [0.2, 0.25) is 0 Å². The number of aliphatic carboxylic acids is 1. The number of hydrogen-bond donors (Lipinski definition) is 5. The van der Waals surface area contributed by atoms with Gasteiger partial charge in [0.15, 0.2) is 6.10 Å². The summed E-state index contributed by atoms with van der Waals surface area (Å²) in [5.41, 5.74) is 4.92. The summed E-state index contributed by atoms with van der Waals surface area (Å²) in [5.74, 6) is -1.79. The van der Waals surface area contributed by atoms with E-state index < -0.39 is 18.1 Å². The van der Waals surface area contributed by atoms with Crippen molar-refractivity contribution in [3.8, 4) is 0 Å². The van der Waals surface area contributed by atoms with E-state index in [1.807, 2.05) is 0 Å². The Bertz CT molecular complexity index is 282. The molecule has 6 N–H and O–H groups in total. The maximum atomic E-state index is 11.0. The molecule has 0 aromatic heterocycles. The van der Waals surface area contributed by atoms with Crippen LogP contribution in [0.4, 0.5) is 4.79 Å². The van der Waals surface area contributed by atoms with Gasteiger partial charge in [-0.1, -0.05) is 0 Å². The number of carbonyl (C=O) groups is 3. The first-order valence-corrected chi connectivity index (χ1v) is 5.14. The topological polar surface area (TPSA) is 142 Å². The molecular weight excluding hydrogens is 230 g/mol. The number of amides is 3. The Kier molecular flexibility index (Phi) is 7.44. The monoisotopic (exact) mass is 247 g/mol. The Labute approximate surface area is 98.2 Å². The van der Waals surface area contributed by atoms with E-state index in [2.05, 4.69) is 10.6 Å². The number of carboxylic acid groups (broad SMARTS) is 1. The average molecular weight is 247 g/mol. The van der Waals surface area contributed by atoms with Crippen LogP contribution in [0.15, 0.2) is 0 Å². The zero-order valence-corrected chi connectivity index (χ0v) is 9.31. The lowest BCUT2D eigenvalue weighted by Gasteiger charge is -2.09. The average Bonchev–Trinajstić information content (AvgIpc) is 2.24. The first-order valence-electron chi connectivity index (χ1n) is 5.14. The summed E-state index contributed by atoms with van der Waals surface area (Å²) in [6, 6.07) is -0.565. The van der Waals surface area contributed by atoms with Gasteiger partial charge in [-0.15, -0.1) is 0 Å². The van der Waals surface area contributed by atoms with Gasteiger partial charge in [0.2, 0.25) is 5.91 Å². The van der Waals surface area contributed by atoms with Crippen molar-refractivity contribution in [1.82, 2.24) is 10.6 Å². The molecule has 0 saturated carbocycles. The van der Waals surface area contributed by atoms with Crippen molar-refractivity contribution < 1.29 is 24.6 Å². The lowest BCUT2D eigenvalue weighted by Crippen LogP contribution is -2.42. The number of unbranched alkanes of at least 4 members (excludes halogenated alkanes) is 1. The van der Waals surface area contributed by atoms with Crippen LogP contribution < -0.4 is 16.4 Å². The molecule has 0 aliphatic carbocycles. The normalized spacial score (nSPS) is 11.6. The van der Waals surface area contributed by atoms with Gasteiger partial charge in [0.1, 0.15) is 0 Å². The van der Waals surface area contributed by atoms with E-state index in [-0.39, 0.29) is 18.9 Å². The van der Waals surface area contributed by atoms with Crippen molar-refractivity contribution in [1.29, 1.82) is 0 Å². The number of aliphatic hydroxyl groups is 1. The summed E-state index contributed by atoms with van der Waals surface area (Å²) in [4.78, 5) is 31.6. The highest BCUT2D eigenvalue weighted by atomic mass is 16.4. The van der Waals surface area contributed by atoms with Crippen molar-refractivity contribution in [2.45, 2.75) is 25.4 Å². The summed E-state index contributed by atoms with van der Waals surface area (Å²) in [7, 11) is 0. The Morgan fingerprint density at radius 2 is 1.82 bits per heavy atom. The van der Waals surface area contributed by atoms with Gasteiger partial charge in [0.05, 0.1) is 6.54 Å². The third-order valence-corrected chi connectivity index (χ3v) is 1.88. The summed E-state index contributed by atoms with van der Waals surface area (Å²) < 4.78 is 0. The molecule has 0 spiro atoms. The Morgan fingerprint density at radius 1 is 1.18 bits per heavy atom. The van der Waals surface area contributed by atoms with Crippen molar-refractivity contribution in [2.75, 3.05) is 13.1 Å². The predicted molar refractivity (Wildman–Crippen MR) is 58.1 cm³/mol. The molecule has 8 heteroatoms. The number of hydrogen-bond acceptors (Lipinski definition) is 4. The van der Waals surface area contributed by atoms with Crippen LogP contribution in [0.3, 0.4) is 0 Å². The minimum absolute atomic E-state index is 0.265. The first-order chi connectivity index (χ1) is 7.93. The lowest BCUT2D eigenvalue weighted by molar-refractivity contribution is -0.146. The molecule has 1 atom stereocenters. The highest BCUT2D eigenvalue weighted by Gasteiger charge is 2.13. The largest absolute Gasteiger partial charge is 0.479 e. The Morgan fingerprint density at radius 3 is 2.35 bits per heavy atom. The van der Waals surface area contributed by atoms with Crippen LogP contribution in [0.25, 0.3) is 0 Å². The molecule has 0 aromatic rings. The second-order valence-electron chi connectivity index (χ2n) is 3.41. The second kappa shape index (κ2) is 8.34. The van der Waals surface area contributed by atoms with Crippen LogP contribution in [-0.4, -0.2) is 47.3 Å². The van der Waals surface area contributed by atoms with Gasteiger partial charge in [-0.2, -0.15) is 0 Å². The third kappa shape index (κ3) is 9.12. The van der Waals surface area contributed by atoms with Gasteiger partial charge in [0, 0.05) is 13.0 Å². The maximum Gasteiger partial charge on any atom is 0.334 e. The predicted octanol–water partition coefficient (Wildman–Crippen LogP) is -1.61. The van der Waals surface area contributed by atoms with E-state index in [1.54, 1.807) is 0 Å².